The summed E-state index contributed by atoms with van der Waals surface area (Å²) in [5.41, 5.74) is 8.51. The Labute approximate surface area is 210 Å². The van der Waals surface area contributed by atoms with Crippen molar-refractivity contribution in [2.75, 3.05) is 6.26 Å². The number of alkyl halides is 3. The van der Waals surface area contributed by atoms with E-state index in [9.17, 15) is 26.4 Å². The van der Waals surface area contributed by atoms with E-state index in [4.69, 9.17) is 5.73 Å². The zero-order valence-electron chi connectivity index (χ0n) is 20.6. The van der Waals surface area contributed by atoms with E-state index < -0.39 is 38.7 Å². The van der Waals surface area contributed by atoms with E-state index >= 15 is 0 Å². The maximum Gasteiger partial charge on any atom is 0.414 e. The van der Waals surface area contributed by atoms with E-state index in [2.05, 4.69) is 11.6 Å². The van der Waals surface area contributed by atoms with Gasteiger partial charge in [0.2, 0.25) is 5.91 Å². The first-order chi connectivity index (χ1) is 16.7. The van der Waals surface area contributed by atoms with Gasteiger partial charge in [-0.25, -0.2) is 8.42 Å². The minimum atomic E-state index is -4.55. The van der Waals surface area contributed by atoms with E-state index in [-0.39, 0.29) is 18.8 Å². The van der Waals surface area contributed by atoms with Gasteiger partial charge in [0.05, 0.1) is 10.8 Å². The largest absolute Gasteiger partial charge is 0.414 e. The Balaban J connectivity index is 1.80. The molecule has 0 fully saturated rings. The lowest BCUT2D eigenvalue weighted by Gasteiger charge is -2.30. The van der Waals surface area contributed by atoms with E-state index in [1.165, 1.54) is 6.26 Å². The Hall–Kier alpha value is -2.94. The van der Waals surface area contributed by atoms with Gasteiger partial charge >= 0.3 is 6.18 Å². The highest BCUT2D eigenvalue weighted by Crippen LogP contribution is 2.42. The van der Waals surface area contributed by atoms with Gasteiger partial charge in [0.25, 0.3) is 0 Å². The number of sulfone groups is 1. The quantitative estimate of drug-likeness (QED) is 0.459. The lowest BCUT2D eigenvalue weighted by atomic mass is 9.78. The molecule has 194 valence electrons. The smallest absolute Gasteiger partial charge is 0.366 e. The Morgan fingerprint density at radius 1 is 1.22 bits per heavy atom. The zero-order chi connectivity index (χ0) is 26.8. The molecule has 1 amide bonds. The van der Waals surface area contributed by atoms with E-state index in [1.807, 2.05) is 19.1 Å². The Morgan fingerprint density at radius 3 is 2.42 bits per heavy atom. The number of rotatable bonds is 8. The second-order valence-corrected chi connectivity index (χ2v) is 12.1. The van der Waals surface area contributed by atoms with Crippen LogP contribution >= 0.6 is 0 Å². The lowest BCUT2D eigenvalue weighted by Crippen LogP contribution is -2.28. The standard InChI is InChI=1S/C27H31F3N2O3S/c1-16-5-8-21(18(3)36(4,34)35)13-22(16)11-17(2)24-14-23(32-15-25(24)27(28,29)30)12-19-6-9-20(10-7-19)26(31)33/h5-10,15,18,21,24H,2,11-14H2,1,3-4H3,(H2,31,33). The number of benzene rings is 1. The maximum absolute atomic E-state index is 13.9. The first kappa shape index (κ1) is 27.6. The average molecular weight is 521 g/mol. The Morgan fingerprint density at radius 2 is 1.86 bits per heavy atom. The van der Waals surface area contributed by atoms with Crippen LogP contribution in [0, 0.1) is 11.8 Å². The topological polar surface area (TPSA) is 89.6 Å². The third kappa shape index (κ3) is 6.63. The minimum absolute atomic E-state index is 0.0765. The van der Waals surface area contributed by atoms with E-state index in [1.54, 1.807) is 31.2 Å². The average Bonchev–Trinajstić information content (AvgIpc) is 2.79. The van der Waals surface area contributed by atoms with E-state index in [0.717, 1.165) is 22.9 Å². The van der Waals surface area contributed by atoms with Crippen LogP contribution in [0.25, 0.3) is 0 Å². The number of aliphatic imine (C=N–C) groups is 1. The molecule has 0 saturated carbocycles. The summed E-state index contributed by atoms with van der Waals surface area (Å²) in [7, 11) is -3.26. The molecule has 0 saturated heterocycles. The molecule has 3 unspecified atom stereocenters. The number of primary amides is 1. The van der Waals surface area contributed by atoms with Crippen molar-refractivity contribution in [3.8, 4) is 0 Å². The van der Waals surface area contributed by atoms with Crippen LogP contribution < -0.4 is 5.73 Å². The van der Waals surface area contributed by atoms with Gasteiger partial charge < -0.3 is 5.73 Å². The molecular weight excluding hydrogens is 489 g/mol. The molecule has 1 aromatic rings. The summed E-state index contributed by atoms with van der Waals surface area (Å²) in [4.78, 5) is 15.4. The maximum atomic E-state index is 13.9. The molecule has 1 aromatic carbocycles. The van der Waals surface area contributed by atoms with Crippen LogP contribution in [0.2, 0.25) is 0 Å². The van der Waals surface area contributed by atoms with Gasteiger partial charge in [-0.1, -0.05) is 47.6 Å². The Bertz CT molecular complexity index is 1270. The van der Waals surface area contributed by atoms with Crippen molar-refractivity contribution in [3.05, 3.63) is 82.6 Å². The number of carbonyl (C=O) groups excluding carboxylic acids is 1. The molecule has 0 aromatic heterocycles. The number of amides is 1. The van der Waals surface area contributed by atoms with Crippen molar-refractivity contribution in [3.63, 3.8) is 0 Å². The lowest BCUT2D eigenvalue weighted by molar-refractivity contribution is -0.0979. The Kier molecular flexibility index (Phi) is 8.13. The molecule has 3 atom stereocenters. The number of nitrogens with two attached hydrogens (primary N) is 1. The van der Waals surface area contributed by atoms with Crippen LogP contribution in [-0.2, 0) is 16.3 Å². The van der Waals surface area contributed by atoms with Gasteiger partial charge in [0, 0.05) is 36.1 Å². The fourth-order valence-corrected chi connectivity index (χ4v) is 5.39. The molecule has 0 bridgehead atoms. The molecule has 2 N–H and O–H groups in total. The molecule has 1 aliphatic heterocycles. The first-order valence-electron chi connectivity index (χ1n) is 11.6. The second-order valence-electron chi connectivity index (χ2n) is 9.66. The summed E-state index contributed by atoms with van der Waals surface area (Å²) in [6, 6.07) is 6.57. The molecule has 36 heavy (non-hydrogen) atoms. The van der Waals surface area contributed by atoms with Gasteiger partial charge in [-0.2, -0.15) is 13.2 Å². The molecule has 9 heteroatoms. The monoisotopic (exact) mass is 520 g/mol. The predicted octanol–water partition coefficient (Wildman–Crippen LogP) is 5.51. The number of nitrogens with zero attached hydrogens (tertiary/aromatic N) is 1. The highest BCUT2D eigenvalue weighted by atomic mass is 32.2. The van der Waals surface area contributed by atoms with Gasteiger partial charge in [-0.15, -0.1) is 0 Å². The highest BCUT2D eigenvalue weighted by molar-refractivity contribution is 7.91. The fraction of sp³-hybridized carbons (Fsp3) is 0.407. The molecule has 1 heterocycles. The summed E-state index contributed by atoms with van der Waals surface area (Å²) >= 11 is 0. The third-order valence-electron chi connectivity index (χ3n) is 7.02. The van der Waals surface area contributed by atoms with Crippen molar-refractivity contribution in [1.29, 1.82) is 0 Å². The summed E-state index contributed by atoms with van der Waals surface area (Å²) in [6.07, 6.45) is 2.38. The van der Waals surface area contributed by atoms with Gasteiger partial charge in [-0.3, -0.25) is 9.79 Å². The predicted molar refractivity (Wildman–Crippen MR) is 136 cm³/mol. The normalized spacial score (nSPS) is 21.6. The number of hydrogen-bond donors (Lipinski definition) is 1. The molecule has 0 spiro atoms. The van der Waals surface area contributed by atoms with Crippen molar-refractivity contribution in [2.24, 2.45) is 22.6 Å². The summed E-state index contributed by atoms with van der Waals surface area (Å²) < 4.78 is 65.7. The van der Waals surface area contributed by atoms with Crippen molar-refractivity contribution in [1.82, 2.24) is 0 Å². The third-order valence-corrected chi connectivity index (χ3v) is 8.72. The summed E-state index contributed by atoms with van der Waals surface area (Å²) in [6.45, 7) is 7.57. The van der Waals surface area contributed by atoms with Crippen molar-refractivity contribution >= 4 is 21.5 Å². The second kappa shape index (κ2) is 10.6. The molecule has 2 aliphatic rings. The summed E-state index contributed by atoms with van der Waals surface area (Å²) in [5.74, 6) is -1.75. The molecular formula is C27H31F3N2O3S. The highest BCUT2D eigenvalue weighted by Gasteiger charge is 2.41. The number of carbonyl (C=O) groups is 1. The summed E-state index contributed by atoms with van der Waals surface area (Å²) in [5, 5.41) is -0.592. The molecule has 3 rings (SSSR count). The van der Waals surface area contributed by atoms with Crippen LogP contribution in [0.3, 0.4) is 0 Å². The van der Waals surface area contributed by atoms with Crippen molar-refractivity contribution < 1.29 is 26.4 Å². The molecule has 1 aliphatic carbocycles. The van der Waals surface area contributed by atoms with Crippen LogP contribution in [0.4, 0.5) is 13.2 Å². The van der Waals surface area contributed by atoms with Crippen LogP contribution in [0.15, 0.2) is 76.5 Å². The number of hydrogen-bond acceptors (Lipinski definition) is 4. The minimum Gasteiger partial charge on any atom is -0.366 e. The van der Waals surface area contributed by atoms with Crippen LogP contribution in [0.5, 0.6) is 0 Å². The molecule has 5 nitrogen and oxygen atoms in total. The number of allylic oxidation sites excluding steroid dienone is 6. The SMILES string of the molecule is C=C(CC1=C(C)C=CC(C(C)S(C)(=O)=O)C1)C1CC(Cc2ccc(C(N)=O)cc2)=NC=C1C(F)(F)F. The number of halogens is 3. The van der Waals surface area contributed by atoms with Crippen LogP contribution in [-0.4, -0.2) is 37.7 Å². The zero-order valence-corrected chi connectivity index (χ0v) is 21.4. The van der Waals surface area contributed by atoms with Crippen LogP contribution in [0.1, 0.15) is 49.0 Å². The van der Waals surface area contributed by atoms with Gasteiger partial charge in [0.15, 0.2) is 9.84 Å². The van der Waals surface area contributed by atoms with Gasteiger partial charge in [0.1, 0.15) is 0 Å². The molecule has 0 radical (unpaired) electrons. The van der Waals surface area contributed by atoms with Gasteiger partial charge in [-0.05, 0) is 56.7 Å². The van der Waals surface area contributed by atoms with Crippen molar-refractivity contribution in [2.45, 2.75) is 51.0 Å². The first-order valence-corrected chi connectivity index (χ1v) is 13.6. The fourth-order valence-electron chi connectivity index (χ4n) is 4.57. The van der Waals surface area contributed by atoms with E-state index in [0.29, 0.717) is 29.7 Å².